The van der Waals surface area contributed by atoms with Crippen LogP contribution in [0.4, 0.5) is 17.1 Å². The van der Waals surface area contributed by atoms with E-state index in [-0.39, 0.29) is 0 Å². The second kappa shape index (κ2) is 11.7. The summed E-state index contributed by atoms with van der Waals surface area (Å²) in [6.45, 7) is 0. The van der Waals surface area contributed by atoms with Gasteiger partial charge in [-0.1, -0.05) is 146 Å². The molecule has 0 aliphatic carbocycles. The average molecular weight is 678 g/mol. The maximum absolute atomic E-state index is 6.88. The molecule has 0 N–H and O–H groups in total. The van der Waals surface area contributed by atoms with Gasteiger partial charge in [-0.3, -0.25) is 0 Å². The fraction of sp³-hybridized carbons (Fsp3) is 0. The lowest BCUT2D eigenvalue weighted by molar-refractivity contribution is 0.669. The maximum Gasteiger partial charge on any atom is 0.159 e. The SMILES string of the molecule is c1ccc(-c2ccc(N(c3ccc(-c4cccc5c4oc4c5ccc5ccc6ccccc6c54)cc3)c3cccc4c3oc3ccccc34)cc2)cc1. The molecule has 0 bridgehead atoms. The maximum atomic E-state index is 6.88. The normalized spacial score (nSPS) is 11.8. The highest BCUT2D eigenvalue weighted by molar-refractivity contribution is 6.24. The molecular formula is C50H31NO2. The van der Waals surface area contributed by atoms with E-state index in [2.05, 4.69) is 181 Å². The highest BCUT2D eigenvalue weighted by Gasteiger charge is 2.21. The van der Waals surface area contributed by atoms with Crippen molar-refractivity contribution in [2.45, 2.75) is 0 Å². The molecule has 2 heterocycles. The van der Waals surface area contributed by atoms with Crippen LogP contribution in [0.2, 0.25) is 0 Å². The number of nitrogens with zero attached hydrogens (tertiary/aromatic N) is 1. The van der Waals surface area contributed by atoms with E-state index < -0.39 is 0 Å². The highest BCUT2D eigenvalue weighted by atomic mass is 16.3. The second-order valence-electron chi connectivity index (χ2n) is 13.7. The summed E-state index contributed by atoms with van der Waals surface area (Å²) >= 11 is 0. The Kier molecular flexibility index (Phi) is 6.55. The summed E-state index contributed by atoms with van der Waals surface area (Å²) in [5.74, 6) is 0. The minimum absolute atomic E-state index is 0.858. The van der Waals surface area contributed by atoms with Gasteiger partial charge in [0.1, 0.15) is 16.7 Å². The van der Waals surface area contributed by atoms with Crippen molar-refractivity contribution in [3.8, 4) is 22.3 Å². The summed E-state index contributed by atoms with van der Waals surface area (Å²) < 4.78 is 13.5. The first-order valence-corrected chi connectivity index (χ1v) is 18.0. The molecule has 53 heavy (non-hydrogen) atoms. The summed E-state index contributed by atoms with van der Waals surface area (Å²) in [7, 11) is 0. The van der Waals surface area contributed by atoms with Gasteiger partial charge >= 0.3 is 0 Å². The lowest BCUT2D eigenvalue weighted by Crippen LogP contribution is -2.10. The third-order valence-corrected chi connectivity index (χ3v) is 10.7. The quantitative estimate of drug-likeness (QED) is 0.170. The number of para-hydroxylation sites is 3. The topological polar surface area (TPSA) is 29.5 Å². The molecule has 0 aliphatic rings. The van der Waals surface area contributed by atoms with Crippen LogP contribution in [0.5, 0.6) is 0 Å². The fourth-order valence-corrected chi connectivity index (χ4v) is 8.13. The van der Waals surface area contributed by atoms with Crippen LogP contribution in [-0.2, 0) is 0 Å². The van der Waals surface area contributed by atoms with Crippen molar-refractivity contribution in [1.82, 2.24) is 0 Å². The molecule has 0 unspecified atom stereocenters. The van der Waals surface area contributed by atoms with Gasteiger partial charge in [0.25, 0.3) is 0 Å². The van der Waals surface area contributed by atoms with Crippen LogP contribution in [-0.4, -0.2) is 0 Å². The van der Waals surface area contributed by atoms with Gasteiger partial charge in [0.2, 0.25) is 0 Å². The fourth-order valence-electron chi connectivity index (χ4n) is 8.13. The van der Waals surface area contributed by atoms with Crippen LogP contribution in [0, 0.1) is 0 Å². The zero-order chi connectivity index (χ0) is 34.9. The molecule has 3 nitrogen and oxygen atoms in total. The summed E-state index contributed by atoms with van der Waals surface area (Å²) in [5, 5.41) is 9.21. The van der Waals surface area contributed by atoms with Crippen LogP contribution in [0.25, 0.3) is 87.7 Å². The molecular weight excluding hydrogens is 647 g/mol. The van der Waals surface area contributed by atoms with Crippen molar-refractivity contribution >= 4 is 82.5 Å². The Morgan fingerprint density at radius 2 is 0.906 bits per heavy atom. The minimum atomic E-state index is 0.858. The van der Waals surface area contributed by atoms with Crippen molar-refractivity contribution in [2.24, 2.45) is 0 Å². The van der Waals surface area contributed by atoms with Gasteiger partial charge < -0.3 is 13.7 Å². The molecule has 0 saturated carbocycles. The minimum Gasteiger partial charge on any atom is -0.455 e. The van der Waals surface area contributed by atoms with E-state index in [1.54, 1.807) is 0 Å². The number of hydrogen-bond donors (Lipinski definition) is 0. The molecule has 0 aliphatic heterocycles. The zero-order valence-corrected chi connectivity index (χ0v) is 28.7. The van der Waals surface area contributed by atoms with E-state index in [0.717, 1.165) is 77.5 Å². The summed E-state index contributed by atoms with van der Waals surface area (Å²) in [5.41, 5.74) is 11.1. The first-order valence-electron chi connectivity index (χ1n) is 18.0. The van der Waals surface area contributed by atoms with E-state index in [4.69, 9.17) is 8.83 Å². The first kappa shape index (κ1) is 29.6. The summed E-state index contributed by atoms with van der Waals surface area (Å²) in [6.07, 6.45) is 0. The van der Waals surface area contributed by atoms with Gasteiger partial charge in [0.15, 0.2) is 5.58 Å². The zero-order valence-electron chi connectivity index (χ0n) is 28.7. The van der Waals surface area contributed by atoms with E-state index >= 15 is 0 Å². The third-order valence-electron chi connectivity index (χ3n) is 10.7. The number of fused-ring (bicyclic) bond motifs is 10. The predicted octanol–water partition coefficient (Wildman–Crippen LogP) is 14.6. The standard InChI is InChI=1S/C50H31NO2/c1-2-10-32(11-3-1)33-22-27-37(28-23-33)51(45-18-9-17-42-41-14-6-7-19-46(41)52-49(42)45)38-29-24-35(25-30-38)40-15-8-16-43-44-31-26-36-21-20-34-12-4-5-13-39(34)47(36)50(44)53-48(40)43/h1-31H. The number of anilines is 3. The Morgan fingerprint density at radius 1 is 0.321 bits per heavy atom. The molecule has 0 amide bonds. The van der Waals surface area contributed by atoms with E-state index in [9.17, 15) is 0 Å². The number of benzene rings is 9. The first-order chi connectivity index (χ1) is 26.3. The molecule has 248 valence electrons. The van der Waals surface area contributed by atoms with E-state index in [1.165, 1.54) is 27.3 Å². The molecule has 0 radical (unpaired) electrons. The number of furan rings is 2. The smallest absolute Gasteiger partial charge is 0.159 e. The summed E-state index contributed by atoms with van der Waals surface area (Å²) in [6, 6.07) is 66.6. The number of rotatable bonds is 5. The number of hydrogen-bond acceptors (Lipinski definition) is 3. The van der Waals surface area contributed by atoms with Crippen molar-refractivity contribution in [3.05, 3.63) is 188 Å². The van der Waals surface area contributed by atoms with Gasteiger partial charge in [-0.05, 0) is 75.3 Å². The second-order valence-corrected chi connectivity index (χ2v) is 13.7. The van der Waals surface area contributed by atoms with Crippen LogP contribution in [0.1, 0.15) is 0 Å². The van der Waals surface area contributed by atoms with Gasteiger partial charge in [-0.25, -0.2) is 0 Å². The van der Waals surface area contributed by atoms with Crippen molar-refractivity contribution in [3.63, 3.8) is 0 Å². The van der Waals surface area contributed by atoms with Crippen LogP contribution in [0.3, 0.4) is 0 Å². The van der Waals surface area contributed by atoms with Gasteiger partial charge in [0.05, 0.1) is 5.69 Å². The van der Waals surface area contributed by atoms with Crippen molar-refractivity contribution < 1.29 is 8.83 Å². The highest BCUT2D eigenvalue weighted by Crippen LogP contribution is 2.44. The van der Waals surface area contributed by atoms with Crippen molar-refractivity contribution in [1.29, 1.82) is 0 Å². The largest absolute Gasteiger partial charge is 0.455 e. The molecule has 2 aromatic heterocycles. The average Bonchev–Trinajstić information content (AvgIpc) is 3.81. The van der Waals surface area contributed by atoms with E-state index in [1.807, 2.05) is 12.1 Å². The van der Waals surface area contributed by atoms with Crippen molar-refractivity contribution in [2.75, 3.05) is 4.90 Å². The lowest BCUT2D eigenvalue weighted by atomic mass is 9.98. The summed E-state index contributed by atoms with van der Waals surface area (Å²) in [4.78, 5) is 2.29. The molecule has 0 spiro atoms. The molecule has 11 aromatic rings. The van der Waals surface area contributed by atoms with Gasteiger partial charge in [-0.2, -0.15) is 0 Å². The Bertz CT molecular complexity index is 3150. The van der Waals surface area contributed by atoms with Gasteiger partial charge in [0, 0.05) is 43.9 Å². The van der Waals surface area contributed by atoms with Crippen LogP contribution in [0.15, 0.2) is 197 Å². The Morgan fingerprint density at radius 3 is 1.72 bits per heavy atom. The molecule has 0 atom stereocenters. The van der Waals surface area contributed by atoms with Crippen LogP contribution >= 0.6 is 0 Å². The third kappa shape index (κ3) is 4.68. The monoisotopic (exact) mass is 677 g/mol. The Hall–Kier alpha value is -7.10. The molecule has 9 aromatic carbocycles. The Labute approximate surface area is 305 Å². The Balaban J connectivity index is 1.06. The molecule has 11 rings (SSSR count). The molecule has 0 fully saturated rings. The molecule has 0 saturated heterocycles. The lowest BCUT2D eigenvalue weighted by Gasteiger charge is -2.26. The van der Waals surface area contributed by atoms with Crippen LogP contribution < -0.4 is 4.90 Å². The van der Waals surface area contributed by atoms with Gasteiger partial charge in [-0.15, -0.1) is 0 Å². The molecule has 3 heteroatoms. The van der Waals surface area contributed by atoms with E-state index in [0.29, 0.717) is 0 Å². The predicted molar refractivity (Wildman–Crippen MR) is 222 cm³/mol.